The van der Waals surface area contributed by atoms with Crippen molar-refractivity contribution < 1.29 is 4.74 Å². The topological polar surface area (TPSA) is 34.2 Å². The first-order valence-electron chi connectivity index (χ1n) is 6.06. The van der Waals surface area contributed by atoms with Crippen LogP contribution in [0.2, 0.25) is 0 Å². The molecule has 1 atom stereocenters. The zero-order valence-electron chi connectivity index (χ0n) is 9.86. The second-order valence-electron chi connectivity index (χ2n) is 4.47. The van der Waals surface area contributed by atoms with Gasteiger partial charge in [-0.2, -0.15) is 0 Å². The number of rotatable bonds is 4. The summed E-state index contributed by atoms with van der Waals surface area (Å²) in [5, 5.41) is 3.59. The Labute approximate surface area is 97.2 Å². The highest BCUT2D eigenvalue weighted by Crippen LogP contribution is 2.18. The fourth-order valence-corrected chi connectivity index (χ4v) is 2.16. The molecule has 16 heavy (non-hydrogen) atoms. The third kappa shape index (κ3) is 3.29. The maximum absolute atomic E-state index is 5.38. The standard InChI is InChI=1S/C13H20N2O/c1-11(13-4-8-16-9-5-13)15-10-12-2-6-14-7-3-12/h2-3,6-7,11,13,15H,4-5,8-10H2,1H3. The van der Waals surface area contributed by atoms with Crippen molar-refractivity contribution in [2.75, 3.05) is 13.2 Å². The molecule has 1 unspecified atom stereocenters. The maximum Gasteiger partial charge on any atom is 0.0469 e. The molecule has 1 aliphatic heterocycles. The first-order valence-corrected chi connectivity index (χ1v) is 6.06. The lowest BCUT2D eigenvalue weighted by molar-refractivity contribution is 0.0558. The van der Waals surface area contributed by atoms with Crippen molar-refractivity contribution in [3.63, 3.8) is 0 Å². The summed E-state index contributed by atoms with van der Waals surface area (Å²) >= 11 is 0. The molecule has 0 aromatic carbocycles. The van der Waals surface area contributed by atoms with Crippen molar-refractivity contribution in [3.8, 4) is 0 Å². The number of hydrogen-bond acceptors (Lipinski definition) is 3. The van der Waals surface area contributed by atoms with Crippen molar-refractivity contribution in [1.29, 1.82) is 0 Å². The highest BCUT2D eigenvalue weighted by molar-refractivity contribution is 5.09. The summed E-state index contributed by atoms with van der Waals surface area (Å²) in [6.07, 6.45) is 6.06. The van der Waals surface area contributed by atoms with Crippen molar-refractivity contribution in [2.24, 2.45) is 5.92 Å². The molecule has 1 N–H and O–H groups in total. The van der Waals surface area contributed by atoms with Crippen LogP contribution in [-0.4, -0.2) is 24.2 Å². The minimum absolute atomic E-state index is 0.567. The maximum atomic E-state index is 5.38. The molecular formula is C13H20N2O. The molecule has 0 saturated carbocycles. The van der Waals surface area contributed by atoms with E-state index in [0.29, 0.717) is 6.04 Å². The molecule has 88 valence electrons. The molecule has 3 heteroatoms. The summed E-state index contributed by atoms with van der Waals surface area (Å²) in [6, 6.07) is 4.69. The van der Waals surface area contributed by atoms with Crippen molar-refractivity contribution in [3.05, 3.63) is 30.1 Å². The number of hydrogen-bond donors (Lipinski definition) is 1. The molecule has 1 aromatic rings. The van der Waals surface area contributed by atoms with Gasteiger partial charge in [0.1, 0.15) is 0 Å². The van der Waals surface area contributed by atoms with Gasteiger partial charge in [-0.15, -0.1) is 0 Å². The molecule has 2 heterocycles. The van der Waals surface area contributed by atoms with Crippen LogP contribution in [0, 0.1) is 5.92 Å². The number of pyridine rings is 1. The van der Waals surface area contributed by atoms with Crippen molar-refractivity contribution >= 4 is 0 Å². The molecule has 1 aliphatic rings. The molecule has 0 spiro atoms. The summed E-state index contributed by atoms with van der Waals surface area (Å²) < 4.78 is 5.38. The molecule has 0 amide bonds. The first kappa shape index (κ1) is 11.6. The largest absolute Gasteiger partial charge is 0.381 e. The third-order valence-electron chi connectivity index (χ3n) is 3.35. The lowest BCUT2D eigenvalue weighted by Crippen LogP contribution is -2.36. The Bertz CT molecular complexity index is 296. The van der Waals surface area contributed by atoms with Gasteiger partial charge < -0.3 is 10.1 Å². The van der Waals surface area contributed by atoms with Crippen molar-refractivity contribution in [2.45, 2.75) is 32.4 Å². The van der Waals surface area contributed by atoms with E-state index in [-0.39, 0.29) is 0 Å². The Balaban J connectivity index is 1.76. The summed E-state index contributed by atoms with van der Waals surface area (Å²) in [6.45, 7) is 5.05. The second-order valence-corrected chi connectivity index (χ2v) is 4.47. The minimum atomic E-state index is 0.567. The predicted molar refractivity (Wildman–Crippen MR) is 64.1 cm³/mol. The van der Waals surface area contributed by atoms with Gasteiger partial charge in [0, 0.05) is 38.2 Å². The fourth-order valence-electron chi connectivity index (χ4n) is 2.16. The number of ether oxygens (including phenoxy) is 1. The van der Waals surface area contributed by atoms with Crippen molar-refractivity contribution in [1.82, 2.24) is 10.3 Å². The van der Waals surface area contributed by atoms with Crippen LogP contribution >= 0.6 is 0 Å². The van der Waals surface area contributed by atoms with E-state index < -0.39 is 0 Å². The Morgan fingerprint density at radius 2 is 2.06 bits per heavy atom. The molecule has 0 radical (unpaired) electrons. The quantitative estimate of drug-likeness (QED) is 0.842. The molecule has 3 nitrogen and oxygen atoms in total. The van der Waals surface area contributed by atoms with Gasteiger partial charge in [-0.1, -0.05) is 0 Å². The number of aromatic nitrogens is 1. The lowest BCUT2D eigenvalue weighted by atomic mass is 9.93. The van der Waals surface area contributed by atoms with E-state index >= 15 is 0 Å². The molecule has 0 bridgehead atoms. The van der Waals surface area contributed by atoms with E-state index in [1.54, 1.807) is 0 Å². The summed E-state index contributed by atoms with van der Waals surface area (Å²) in [5.74, 6) is 0.760. The van der Waals surface area contributed by atoms with Gasteiger partial charge in [-0.05, 0) is 43.4 Å². The van der Waals surface area contributed by atoms with Gasteiger partial charge in [0.15, 0.2) is 0 Å². The molecule has 1 aromatic heterocycles. The van der Waals surface area contributed by atoms with Crippen LogP contribution in [0.15, 0.2) is 24.5 Å². The fraction of sp³-hybridized carbons (Fsp3) is 0.615. The number of nitrogens with zero attached hydrogens (tertiary/aromatic N) is 1. The van der Waals surface area contributed by atoms with Gasteiger partial charge >= 0.3 is 0 Å². The SMILES string of the molecule is CC(NCc1ccncc1)C1CCOCC1. The van der Waals surface area contributed by atoms with E-state index in [1.165, 1.54) is 18.4 Å². The van der Waals surface area contributed by atoms with Crippen LogP contribution in [0.4, 0.5) is 0 Å². The van der Waals surface area contributed by atoms with Crippen LogP contribution in [0.1, 0.15) is 25.3 Å². The normalized spacial score (nSPS) is 19.6. The van der Waals surface area contributed by atoms with Crippen LogP contribution in [0.25, 0.3) is 0 Å². The van der Waals surface area contributed by atoms with Gasteiger partial charge in [0.25, 0.3) is 0 Å². The van der Waals surface area contributed by atoms with E-state index in [2.05, 4.69) is 29.4 Å². The van der Waals surface area contributed by atoms with Crippen LogP contribution < -0.4 is 5.32 Å². The van der Waals surface area contributed by atoms with Crippen LogP contribution in [-0.2, 0) is 11.3 Å². The Hall–Kier alpha value is -0.930. The molecule has 0 aliphatic carbocycles. The first-order chi connectivity index (χ1) is 7.86. The summed E-state index contributed by atoms with van der Waals surface area (Å²) in [4.78, 5) is 4.02. The van der Waals surface area contributed by atoms with Crippen LogP contribution in [0.3, 0.4) is 0 Å². The molecule has 1 fully saturated rings. The molecular weight excluding hydrogens is 200 g/mol. The average Bonchev–Trinajstić information content (AvgIpc) is 2.38. The van der Waals surface area contributed by atoms with E-state index in [4.69, 9.17) is 4.74 Å². The van der Waals surface area contributed by atoms with Crippen LogP contribution in [0.5, 0.6) is 0 Å². The van der Waals surface area contributed by atoms with E-state index in [9.17, 15) is 0 Å². The summed E-state index contributed by atoms with van der Waals surface area (Å²) in [7, 11) is 0. The van der Waals surface area contributed by atoms with Gasteiger partial charge in [-0.3, -0.25) is 4.98 Å². The monoisotopic (exact) mass is 220 g/mol. The predicted octanol–water partition coefficient (Wildman–Crippen LogP) is 1.99. The zero-order chi connectivity index (χ0) is 11.2. The highest BCUT2D eigenvalue weighted by Gasteiger charge is 2.19. The summed E-state index contributed by atoms with van der Waals surface area (Å²) in [5.41, 5.74) is 1.30. The van der Waals surface area contributed by atoms with Gasteiger partial charge in [0.2, 0.25) is 0 Å². The number of nitrogens with one attached hydrogen (secondary N) is 1. The molecule has 2 rings (SSSR count). The Kier molecular flexibility index (Phi) is 4.31. The minimum Gasteiger partial charge on any atom is -0.381 e. The molecule has 1 saturated heterocycles. The lowest BCUT2D eigenvalue weighted by Gasteiger charge is -2.28. The Morgan fingerprint density at radius 1 is 1.38 bits per heavy atom. The van der Waals surface area contributed by atoms with Gasteiger partial charge in [0.05, 0.1) is 0 Å². The third-order valence-corrected chi connectivity index (χ3v) is 3.35. The van der Waals surface area contributed by atoms with Gasteiger partial charge in [-0.25, -0.2) is 0 Å². The van der Waals surface area contributed by atoms with E-state index in [1.807, 2.05) is 12.4 Å². The second kappa shape index (κ2) is 5.97. The smallest absolute Gasteiger partial charge is 0.0469 e. The average molecular weight is 220 g/mol. The van der Waals surface area contributed by atoms with E-state index in [0.717, 1.165) is 25.7 Å². The zero-order valence-corrected chi connectivity index (χ0v) is 9.86. The highest BCUT2D eigenvalue weighted by atomic mass is 16.5. The Morgan fingerprint density at radius 3 is 2.75 bits per heavy atom.